The molecule has 2 aromatic rings. The van der Waals surface area contributed by atoms with Gasteiger partial charge in [-0.15, -0.1) is 0 Å². The van der Waals surface area contributed by atoms with Crippen LogP contribution in [0.5, 0.6) is 0 Å². The molecule has 6 heteroatoms. The second-order valence-corrected chi connectivity index (χ2v) is 7.00. The molecule has 1 N–H and O–H groups in total. The topological polar surface area (TPSA) is 41.6 Å². The molecule has 0 aliphatic carbocycles. The van der Waals surface area contributed by atoms with E-state index in [4.69, 9.17) is 16.3 Å². The van der Waals surface area contributed by atoms with Crippen LogP contribution >= 0.6 is 27.5 Å². The minimum atomic E-state index is -0.0713. The van der Waals surface area contributed by atoms with Gasteiger partial charge in [0.25, 0.3) is 0 Å². The van der Waals surface area contributed by atoms with Crippen LogP contribution in [0.2, 0.25) is 5.02 Å². The third-order valence-electron chi connectivity index (χ3n) is 3.89. The summed E-state index contributed by atoms with van der Waals surface area (Å²) in [5.74, 6) is -0.0713. The average molecular weight is 410 g/mol. The molecule has 1 saturated heterocycles. The van der Waals surface area contributed by atoms with Crippen molar-refractivity contribution in [3.63, 3.8) is 0 Å². The van der Waals surface area contributed by atoms with Gasteiger partial charge in [0.1, 0.15) is 0 Å². The van der Waals surface area contributed by atoms with Gasteiger partial charge in [0.2, 0.25) is 5.91 Å². The first-order valence-electron chi connectivity index (χ1n) is 7.75. The number of benzene rings is 2. The largest absolute Gasteiger partial charge is 0.371 e. The first kappa shape index (κ1) is 17.4. The Bertz CT molecular complexity index is 726. The molecule has 126 valence electrons. The highest BCUT2D eigenvalue weighted by atomic mass is 79.9. The van der Waals surface area contributed by atoms with Crippen LogP contribution in [0.25, 0.3) is 0 Å². The molecule has 4 nitrogen and oxygen atoms in total. The second kappa shape index (κ2) is 8.12. The third kappa shape index (κ3) is 4.57. The van der Waals surface area contributed by atoms with Crippen molar-refractivity contribution >= 4 is 39.1 Å². The van der Waals surface area contributed by atoms with Gasteiger partial charge in [-0.05, 0) is 29.8 Å². The molecule has 0 aromatic heterocycles. The lowest BCUT2D eigenvalue weighted by atomic mass is 10.1. The molecule has 2 aromatic carbocycles. The molecule has 1 amide bonds. The highest BCUT2D eigenvalue weighted by Gasteiger charge is 2.23. The molecule has 0 radical (unpaired) electrons. The lowest BCUT2D eigenvalue weighted by Gasteiger charge is -2.32. The van der Waals surface area contributed by atoms with Crippen molar-refractivity contribution in [3.8, 4) is 0 Å². The van der Waals surface area contributed by atoms with Crippen LogP contribution in [0.4, 0.5) is 5.69 Å². The Hall–Kier alpha value is -1.40. The smallest absolute Gasteiger partial charge is 0.238 e. The van der Waals surface area contributed by atoms with Gasteiger partial charge < -0.3 is 10.1 Å². The number of carbonyl (C=O) groups excluding carboxylic acids is 1. The van der Waals surface area contributed by atoms with Crippen LogP contribution in [-0.2, 0) is 9.53 Å². The Kier molecular flexibility index (Phi) is 5.89. The SMILES string of the molecule is O=C(CN1CCOC(c2cccc(Br)c2)C1)Nc1ccccc1Cl. The molecule has 1 atom stereocenters. The van der Waals surface area contributed by atoms with Crippen molar-refractivity contribution in [1.29, 1.82) is 0 Å². The molecule has 0 bridgehead atoms. The van der Waals surface area contributed by atoms with Crippen LogP contribution in [0.1, 0.15) is 11.7 Å². The molecule has 0 saturated carbocycles. The number of hydrogen-bond acceptors (Lipinski definition) is 3. The molecule has 1 aliphatic rings. The zero-order valence-electron chi connectivity index (χ0n) is 13.0. The average Bonchev–Trinajstić information content (AvgIpc) is 2.57. The zero-order chi connectivity index (χ0) is 16.9. The summed E-state index contributed by atoms with van der Waals surface area (Å²) >= 11 is 9.56. The van der Waals surface area contributed by atoms with Gasteiger partial charge in [-0.25, -0.2) is 0 Å². The summed E-state index contributed by atoms with van der Waals surface area (Å²) in [5.41, 5.74) is 1.75. The maximum atomic E-state index is 12.3. The van der Waals surface area contributed by atoms with Crippen LogP contribution in [0.3, 0.4) is 0 Å². The molecular formula is C18H18BrClN2O2. The standard InChI is InChI=1S/C18H18BrClN2O2/c19-14-5-3-4-13(10-14)17-11-22(8-9-24-17)12-18(23)21-16-7-2-1-6-15(16)20/h1-7,10,17H,8-9,11-12H2,(H,21,23). The van der Waals surface area contributed by atoms with Crippen LogP contribution < -0.4 is 5.32 Å². The van der Waals surface area contributed by atoms with Crippen molar-refractivity contribution in [2.45, 2.75) is 6.10 Å². The number of ether oxygens (including phenoxy) is 1. The Morgan fingerprint density at radius 3 is 2.92 bits per heavy atom. The van der Waals surface area contributed by atoms with Crippen molar-refractivity contribution in [1.82, 2.24) is 4.90 Å². The van der Waals surface area contributed by atoms with E-state index in [9.17, 15) is 4.79 Å². The first-order valence-corrected chi connectivity index (χ1v) is 8.93. The number of hydrogen-bond donors (Lipinski definition) is 1. The van der Waals surface area contributed by atoms with Crippen LogP contribution in [-0.4, -0.2) is 37.0 Å². The fraction of sp³-hybridized carbons (Fsp3) is 0.278. The molecule has 1 fully saturated rings. The van der Waals surface area contributed by atoms with Crippen LogP contribution in [0.15, 0.2) is 53.0 Å². The lowest BCUT2D eigenvalue weighted by Crippen LogP contribution is -2.42. The summed E-state index contributed by atoms with van der Waals surface area (Å²) in [6.45, 7) is 2.35. The molecule has 3 rings (SSSR count). The number of rotatable bonds is 4. The number of nitrogens with one attached hydrogen (secondary N) is 1. The quantitative estimate of drug-likeness (QED) is 0.826. The van der Waals surface area contributed by atoms with E-state index >= 15 is 0 Å². The summed E-state index contributed by atoms with van der Waals surface area (Å²) in [7, 11) is 0. The minimum absolute atomic E-state index is 0.0237. The van der Waals surface area contributed by atoms with Crippen LogP contribution in [0, 0.1) is 0 Å². The minimum Gasteiger partial charge on any atom is -0.371 e. The predicted octanol–water partition coefficient (Wildman–Crippen LogP) is 4.11. The van der Waals surface area contributed by atoms with E-state index in [-0.39, 0.29) is 12.0 Å². The van der Waals surface area contributed by atoms with Crippen molar-refractivity contribution in [2.75, 3.05) is 31.6 Å². The fourth-order valence-corrected chi connectivity index (χ4v) is 3.31. The third-order valence-corrected chi connectivity index (χ3v) is 4.71. The number of amides is 1. The number of halogens is 2. The number of morpholine rings is 1. The zero-order valence-corrected chi connectivity index (χ0v) is 15.4. The summed E-state index contributed by atoms with van der Waals surface area (Å²) < 4.78 is 6.88. The molecule has 1 aliphatic heterocycles. The van der Waals surface area contributed by atoms with Gasteiger partial charge in [0, 0.05) is 17.6 Å². The Labute approximate surface area is 154 Å². The number of anilines is 1. The van der Waals surface area contributed by atoms with Crippen molar-refractivity contribution < 1.29 is 9.53 Å². The number of nitrogens with zero attached hydrogens (tertiary/aromatic N) is 1. The Balaban J connectivity index is 1.59. The first-order chi connectivity index (χ1) is 11.6. The number of para-hydroxylation sites is 1. The molecule has 1 unspecified atom stereocenters. The van der Waals surface area contributed by atoms with E-state index in [1.165, 1.54) is 0 Å². The van der Waals surface area contributed by atoms with E-state index in [2.05, 4.69) is 32.2 Å². The van der Waals surface area contributed by atoms with E-state index in [0.29, 0.717) is 30.4 Å². The second-order valence-electron chi connectivity index (χ2n) is 5.68. The molecule has 1 heterocycles. The summed E-state index contributed by atoms with van der Waals surface area (Å²) in [6.07, 6.45) is -0.0237. The summed E-state index contributed by atoms with van der Waals surface area (Å²) in [4.78, 5) is 14.4. The number of carbonyl (C=O) groups is 1. The van der Waals surface area contributed by atoms with Gasteiger partial charge in [-0.2, -0.15) is 0 Å². The highest BCUT2D eigenvalue weighted by molar-refractivity contribution is 9.10. The van der Waals surface area contributed by atoms with E-state index in [1.807, 2.05) is 30.3 Å². The van der Waals surface area contributed by atoms with Gasteiger partial charge >= 0.3 is 0 Å². The van der Waals surface area contributed by atoms with Gasteiger partial charge in [0.05, 0.1) is 30.0 Å². The lowest BCUT2D eigenvalue weighted by molar-refractivity contribution is -0.119. The normalized spacial score (nSPS) is 18.3. The van der Waals surface area contributed by atoms with E-state index in [0.717, 1.165) is 16.6 Å². The highest BCUT2D eigenvalue weighted by Crippen LogP contribution is 2.25. The van der Waals surface area contributed by atoms with Gasteiger partial charge in [-0.3, -0.25) is 9.69 Å². The predicted molar refractivity (Wildman–Crippen MR) is 99.4 cm³/mol. The maximum Gasteiger partial charge on any atom is 0.238 e. The Morgan fingerprint density at radius 2 is 2.12 bits per heavy atom. The Morgan fingerprint density at radius 1 is 1.29 bits per heavy atom. The molecule has 0 spiro atoms. The van der Waals surface area contributed by atoms with E-state index < -0.39 is 0 Å². The molecular weight excluding hydrogens is 392 g/mol. The molecule has 24 heavy (non-hydrogen) atoms. The summed E-state index contributed by atoms with van der Waals surface area (Å²) in [6, 6.07) is 15.3. The van der Waals surface area contributed by atoms with E-state index in [1.54, 1.807) is 12.1 Å². The van der Waals surface area contributed by atoms with Gasteiger partial charge in [-0.1, -0.05) is 51.8 Å². The summed E-state index contributed by atoms with van der Waals surface area (Å²) in [5, 5.41) is 3.40. The van der Waals surface area contributed by atoms with Gasteiger partial charge in [0.15, 0.2) is 0 Å². The monoisotopic (exact) mass is 408 g/mol. The van der Waals surface area contributed by atoms with Crippen molar-refractivity contribution in [2.24, 2.45) is 0 Å². The maximum absolute atomic E-state index is 12.3. The fourth-order valence-electron chi connectivity index (χ4n) is 2.71. The van der Waals surface area contributed by atoms with Crippen molar-refractivity contribution in [3.05, 3.63) is 63.6 Å².